The Bertz CT molecular complexity index is 2320. The molecule has 0 N–H and O–H groups in total. The minimum absolute atomic E-state index is 0.583. The van der Waals surface area contributed by atoms with E-state index in [1.807, 2.05) is 12.1 Å². The Morgan fingerprint density at radius 2 is 0.750 bits per heavy atom. The van der Waals surface area contributed by atoms with E-state index in [4.69, 9.17) is 18.8 Å². The summed E-state index contributed by atoms with van der Waals surface area (Å²) in [5.41, 5.74) is 12.1. The summed E-state index contributed by atoms with van der Waals surface area (Å²) >= 11 is 0. The minimum atomic E-state index is 0.583. The molecule has 0 saturated carbocycles. The second-order valence-corrected chi connectivity index (χ2v) is 18.3. The summed E-state index contributed by atoms with van der Waals surface area (Å²) in [5.74, 6) is 3.99. The van der Waals surface area contributed by atoms with Gasteiger partial charge in [0.1, 0.15) is 11.0 Å². The Morgan fingerprint density at radius 1 is 0.417 bits per heavy atom. The molecule has 2 heterocycles. The van der Waals surface area contributed by atoms with Gasteiger partial charge in [-0.15, -0.1) is 0 Å². The summed E-state index contributed by atoms with van der Waals surface area (Å²) in [4.78, 5) is 14.8. The SMILES string of the molecule is CCCC(C)CCN(CCC(C)C)c1ccc(-c2ccc(-c3nc4cc5nc(-c6ccc(-c7ccc(N(CCC(C)C)CCC(C)C)cc7)cc6)oc5cc4o3)cc2)cc1. The first-order valence-electron chi connectivity index (χ1n) is 22.7. The van der Waals surface area contributed by atoms with Crippen molar-refractivity contribution < 1.29 is 8.83 Å². The largest absolute Gasteiger partial charge is 0.436 e. The Balaban J connectivity index is 1.01. The van der Waals surface area contributed by atoms with Crippen LogP contribution < -0.4 is 9.80 Å². The molecule has 0 amide bonds. The van der Waals surface area contributed by atoms with Gasteiger partial charge in [-0.25, -0.2) is 9.97 Å². The van der Waals surface area contributed by atoms with Gasteiger partial charge < -0.3 is 18.6 Å². The maximum absolute atomic E-state index is 6.29. The lowest BCUT2D eigenvalue weighted by Crippen LogP contribution is -2.27. The molecule has 60 heavy (non-hydrogen) atoms. The molecule has 0 aliphatic rings. The van der Waals surface area contributed by atoms with Crippen LogP contribution >= 0.6 is 0 Å². The molecule has 0 radical (unpaired) electrons. The molecular formula is C54H66N4O2. The van der Waals surface area contributed by atoms with Gasteiger partial charge in [0.05, 0.1) is 0 Å². The van der Waals surface area contributed by atoms with E-state index in [1.165, 1.54) is 72.2 Å². The smallest absolute Gasteiger partial charge is 0.227 e. The van der Waals surface area contributed by atoms with Gasteiger partial charge in [-0.05, 0) is 126 Å². The summed E-state index contributed by atoms with van der Waals surface area (Å²) in [7, 11) is 0. The number of rotatable bonds is 20. The maximum atomic E-state index is 6.29. The fraction of sp³-hybridized carbons (Fsp3) is 0.407. The third kappa shape index (κ3) is 10.9. The van der Waals surface area contributed by atoms with Crippen LogP contribution in [0.1, 0.15) is 93.9 Å². The predicted molar refractivity (Wildman–Crippen MR) is 255 cm³/mol. The van der Waals surface area contributed by atoms with Crippen molar-refractivity contribution in [3.05, 3.63) is 109 Å². The number of aromatic nitrogens is 2. The van der Waals surface area contributed by atoms with Gasteiger partial charge in [-0.2, -0.15) is 0 Å². The van der Waals surface area contributed by atoms with Gasteiger partial charge in [0, 0.05) is 54.7 Å². The number of nitrogens with zero attached hydrogens (tertiary/aromatic N) is 4. The highest BCUT2D eigenvalue weighted by Crippen LogP contribution is 2.34. The standard InChI is InChI=1S/C54H66N4O2/c1-9-10-40(8)30-34-58(33-29-39(6)7)48-25-21-44(22-26-48)42-13-17-46(18-14-42)54-56-50-35-49-51(36-52(50)60-54)59-53(55-49)45-15-11-41(12-16-45)43-19-23-47(24-20-43)57(31-27-37(2)3)32-28-38(4)5/h11-26,35-40H,9-10,27-34H2,1-8H3. The van der Waals surface area contributed by atoms with Gasteiger partial charge in [0.25, 0.3) is 0 Å². The van der Waals surface area contributed by atoms with Crippen LogP contribution in [0.5, 0.6) is 0 Å². The number of anilines is 2. The maximum Gasteiger partial charge on any atom is 0.227 e. The average molecular weight is 803 g/mol. The lowest BCUT2D eigenvalue weighted by Gasteiger charge is -2.27. The zero-order valence-electron chi connectivity index (χ0n) is 37.4. The van der Waals surface area contributed by atoms with Crippen LogP contribution in [0.4, 0.5) is 11.4 Å². The number of hydrogen-bond donors (Lipinski definition) is 0. The van der Waals surface area contributed by atoms with E-state index in [0.29, 0.717) is 40.7 Å². The second-order valence-electron chi connectivity index (χ2n) is 18.3. The van der Waals surface area contributed by atoms with Gasteiger partial charge in [0.2, 0.25) is 11.8 Å². The molecule has 0 bridgehead atoms. The van der Waals surface area contributed by atoms with Crippen LogP contribution in [0.3, 0.4) is 0 Å². The summed E-state index contributed by atoms with van der Waals surface area (Å²) in [6.45, 7) is 22.9. The van der Waals surface area contributed by atoms with Crippen molar-refractivity contribution >= 4 is 33.6 Å². The molecule has 0 fully saturated rings. The first-order chi connectivity index (χ1) is 29.0. The zero-order valence-corrected chi connectivity index (χ0v) is 37.4. The number of benzene rings is 5. The Hall–Kier alpha value is -5.36. The van der Waals surface area contributed by atoms with E-state index in [9.17, 15) is 0 Å². The summed E-state index contributed by atoms with van der Waals surface area (Å²) in [6, 6.07) is 38.9. The topological polar surface area (TPSA) is 58.5 Å². The van der Waals surface area contributed by atoms with Crippen molar-refractivity contribution in [2.24, 2.45) is 23.7 Å². The molecular weight excluding hydrogens is 737 g/mol. The van der Waals surface area contributed by atoms with Crippen LogP contribution in [-0.2, 0) is 0 Å². The van der Waals surface area contributed by atoms with Crippen molar-refractivity contribution in [2.45, 2.75) is 93.9 Å². The van der Waals surface area contributed by atoms with Crippen LogP contribution in [-0.4, -0.2) is 36.1 Å². The van der Waals surface area contributed by atoms with Gasteiger partial charge >= 0.3 is 0 Å². The molecule has 1 atom stereocenters. The lowest BCUT2D eigenvalue weighted by atomic mass is 10.0. The van der Waals surface area contributed by atoms with E-state index in [2.05, 4.69) is 162 Å². The normalized spacial score (nSPS) is 12.4. The monoisotopic (exact) mass is 803 g/mol. The third-order valence-corrected chi connectivity index (χ3v) is 11.9. The highest BCUT2D eigenvalue weighted by atomic mass is 16.4. The van der Waals surface area contributed by atoms with Gasteiger partial charge in [-0.3, -0.25) is 0 Å². The Labute approximate surface area is 359 Å². The minimum Gasteiger partial charge on any atom is -0.436 e. The molecule has 6 nitrogen and oxygen atoms in total. The fourth-order valence-electron chi connectivity index (χ4n) is 7.93. The van der Waals surface area contributed by atoms with Gasteiger partial charge in [0.15, 0.2) is 11.2 Å². The molecule has 0 saturated heterocycles. The molecule has 1 unspecified atom stereocenters. The highest BCUT2D eigenvalue weighted by molar-refractivity contribution is 5.91. The van der Waals surface area contributed by atoms with Crippen molar-refractivity contribution in [2.75, 3.05) is 36.0 Å². The number of hydrogen-bond acceptors (Lipinski definition) is 6. The van der Waals surface area contributed by atoms with E-state index in [0.717, 1.165) is 54.3 Å². The summed E-state index contributed by atoms with van der Waals surface area (Å²) in [5, 5.41) is 0. The van der Waals surface area contributed by atoms with Crippen LogP contribution in [0, 0.1) is 23.7 Å². The molecule has 6 heteroatoms. The van der Waals surface area contributed by atoms with Crippen molar-refractivity contribution in [1.82, 2.24) is 9.97 Å². The van der Waals surface area contributed by atoms with E-state index >= 15 is 0 Å². The second kappa shape index (κ2) is 19.8. The zero-order chi connectivity index (χ0) is 42.2. The fourth-order valence-corrected chi connectivity index (χ4v) is 7.93. The molecule has 7 rings (SSSR count). The van der Waals surface area contributed by atoms with E-state index in [-0.39, 0.29) is 0 Å². The first kappa shape index (κ1) is 42.8. The molecule has 314 valence electrons. The molecule has 0 spiro atoms. The first-order valence-corrected chi connectivity index (χ1v) is 22.7. The van der Waals surface area contributed by atoms with Crippen LogP contribution in [0.15, 0.2) is 118 Å². The predicted octanol–water partition coefficient (Wildman–Crippen LogP) is 15.2. The molecule has 0 aliphatic carbocycles. The van der Waals surface area contributed by atoms with Crippen LogP contribution in [0.25, 0.3) is 67.4 Å². The average Bonchev–Trinajstić information content (AvgIpc) is 3.86. The number of fused-ring (bicyclic) bond motifs is 2. The van der Waals surface area contributed by atoms with E-state index in [1.54, 1.807) is 0 Å². The summed E-state index contributed by atoms with van der Waals surface area (Å²) in [6.07, 6.45) is 7.38. The van der Waals surface area contributed by atoms with Gasteiger partial charge in [-0.1, -0.05) is 117 Å². The summed E-state index contributed by atoms with van der Waals surface area (Å²) < 4.78 is 12.6. The Morgan fingerprint density at radius 3 is 1.10 bits per heavy atom. The molecule has 0 aliphatic heterocycles. The Kier molecular flexibility index (Phi) is 14.1. The molecule has 5 aromatic carbocycles. The molecule has 7 aromatic rings. The molecule has 2 aromatic heterocycles. The lowest BCUT2D eigenvalue weighted by molar-refractivity contribution is 0.475. The quantitative estimate of drug-likeness (QED) is 0.0765. The van der Waals surface area contributed by atoms with Crippen molar-refractivity contribution in [1.29, 1.82) is 0 Å². The van der Waals surface area contributed by atoms with Crippen LogP contribution in [0.2, 0.25) is 0 Å². The van der Waals surface area contributed by atoms with E-state index < -0.39 is 0 Å². The number of oxazole rings is 2. The van der Waals surface area contributed by atoms with Crippen molar-refractivity contribution in [3.63, 3.8) is 0 Å². The third-order valence-electron chi connectivity index (χ3n) is 11.9. The van der Waals surface area contributed by atoms with Crippen molar-refractivity contribution in [3.8, 4) is 45.2 Å². The highest BCUT2D eigenvalue weighted by Gasteiger charge is 2.16.